The van der Waals surface area contributed by atoms with Crippen molar-refractivity contribution in [2.75, 3.05) is 25.1 Å². The van der Waals surface area contributed by atoms with E-state index in [0.29, 0.717) is 24.8 Å². The summed E-state index contributed by atoms with van der Waals surface area (Å²) in [6.45, 7) is 5.58. The molecular weight excluding hydrogens is 286 g/mol. The Kier molecular flexibility index (Phi) is 5.33. The molecule has 0 saturated heterocycles. The largest absolute Gasteiger partial charge is 0.377 e. The first-order chi connectivity index (χ1) is 9.26. The molecule has 1 heterocycles. The molecule has 0 saturated carbocycles. The van der Waals surface area contributed by atoms with Crippen LogP contribution in [0.25, 0.3) is 11.0 Å². The summed E-state index contributed by atoms with van der Waals surface area (Å²) < 4.78 is 19.4. The lowest BCUT2D eigenvalue weighted by atomic mass is 10.2. The zero-order valence-electron chi connectivity index (χ0n) is 10.9. The Balaban J connectivity index is 2.11. The van der Waals surface area contributed by atoms with Gasteiger partial charge in [0, 0.05) is 13.2 Å². The third-order valence-corrected chi connectivity index (χ3v) is 3.39. The molecular formula is C12H16ClN3O2S. The molecule has 0 aliphatic carbocycles. The van der Waals surface area contributed by atoms with Crippen LogP contribution in [0.5, 0.6) is 0 Å². The number of hydrogen-bond acceptors (Lipinski definition) is 6. The Hall–Kier alpha value is -0.950. The van der Waals surface area contributed by atoms with E-state index < -0.39 is 0 Å². The molecule has 2 rings (SSSR count). The van der Waals surface area contributed by atoms with Gasteiger partial charge in [0.05, 0.1) is 29.0 Å². The van der Waals surface area contributed by atoms with E-state index in [4.69, 9.17) is 21.1 Å². The molecule has 0 fully saturated rings. The van der Waals surface area contributed by atoms with Gasteiger partial charge in [-0.2, -0.15) is 8.75 Å². The zero-order valence-corrected chi connectivity index (χ0v) is 12.4. The lowest BCUT2D eigenvalue weighted by Crippen LogP contribution is -2.26. The van der Waals surface area contributed by atoms with Gasteiger partial charge in [-0.3, -0.25) is 0 Å². The number of benzene rings is 1. The molecule has 0 spiro atoms. The molecule has 0 aliphatic heterocycles. The van der Waals surface area contributed by atoms with E-state index in [1.54, 1.807) is 0 Å². The average molecular weight is 302 g/mol. The van der Waals surface area contributed by atoms with Gasteiger partial charge in [0.1, 0.15) is 11.0 Å². The topological polar surface area (TPSA) is 56.3 Å². The third kappa shape index (κ3) is 3.54. The summed E-state index contributed by atoms with van der Waals surface area (Å²) in [5, 5.41) is 3.85. The number of hydrogen-bond donors (Lipinski definition) is 1. The number of anilines is 1. The van der Waals surface area contributed by atoms with Crippen LogP contribution in [0.2, 0.25) is 5.02 Å². The maximum absolute atomic E-state index is 6.19. The lowest BCUT2D eigenvalue weighted by Gasteiger charge is -2.18. The first-order valence-electron chi connectivity index (χ1n) is 6.14. The van der Waals surface area contributed by atoms with Crippen molar-refractivity contribution < 1.29 is 9.47 Å². The van der Waals surface area contributed by atoms with Crippen molar-refractivity contribution in [3.63, 3.8) is 0 Å². The summed E-state index contributed by atoms with van der Waals surface area (Å²) in [6, 6.07) is 3.67. The number of ether oxygens (including phenoxy) is 2. The number of nitrogens with one attached hydrogen (secondary N) is 1. The highest BCUT2D eigenvalue weighted by atomic mass is 35.5. The maximum Gasteiger partial charge on any atom is 0.174 e. The summed E-state index contributed by atoms with van der Waals surface area (Å²) in [6.07, 6.45) is -0.298. The SMILES string of the molecule is CCOC(CNc1c(Cl)ccc2nsnc12)OCC. The molecule has 1 aromatic carbocycles. The van der Waals surface area contributed by atoms with E-state index in [0.717, 1.165) is 16.7 Å². The van der Waals surface area contributed by atoms with Crippen LogP contribution >= 0.6 is 23.3 Å². The van der Waals surface area contributed by atoms with E-state index in [2.05, 4.69) is 14.1 Å². The molecule has 0 amide bonds. The fourth-order valence-electron chi connectivity index (χ4n) is 1.72. The van der Waals surface area contributed by atoms with Crippen molar-refractivity contribution in [3.8, 4) is 0 Å². The Morgan fingerprint density at radius 3 is 2.68 bits per heavy atom. The van der Waals surface area contributed by atoms with Crippen LogP contribution in [0, 0.1) is 0 Å². The summed E-state index contributed by atoms with van der Waals surface area (Å²) in [7, 11) is 0. The molecule has 1 aromatic heterocycles. The Bertz CT molecular complexity index is 529. The van der Waals surface area contributed by atoms with Crippen molar-refractivity contribution in [1.29, 1.82) is 0 Å². The van der Waals surface area contributed by atoms with Crippen molar-refractivity contribution in [2.45, 2.75) is 20.1 Å². The molecule has 104 valence electrons. The quantitative estimate of drug-likeness (QED) is 0.796. The van der Waals surface area contributed by atoms with Gasteiger partial charge in [-0.05, 0) is 26.0 Å². The Labute approximate surface area is 121 Å². The van der Waals surface area contributed by atoms with Crippen LogP contribution < -0.4 is 5.32 Å². The van der Waals surface area contributed by atoms with Crippen LogP contribution in [0.3, 0.4) is 0 Å². The predicted molar refractivity (Wildman–Crippen MR) is 78.0 cm³/mol. The standard InChI is InChI=1S/C12H16ClN3O2S/c1-3-17-10(18-4-2)7-14-11-8(13)5-6-9-12(11)16-19-15-9/h5-6,10,14H,3-4,7H2,1-2H3. The smallest absolute Gasteiger partial charge is 0.174 e. The summed E-state index contributed by atoms with van der Waals surface area (Å²) in [4.78, 5) is 0. The zero-order chi connectivity index (χ0) is 13.7. The molecule has 5 nitrogen and oxygen atoms in total. The number of halogens is 1. The van der Waals surface area contributed by atoms with Crippen molar-refractivity contribution in [1.82, 2.24) is 8.75 Å². The molecule has 7 heteroatoms. The number of rotatable bonds is 7. The molecule has 0 unspecified atom stereocenters. The highest BCUT2D eigenvalue weighted by Crippen LogP contribution is 2.29. The molecule has 0 aliphatic rings. The minimum atomic E-state index is -0.298. The van der Waals surface area contributed by atoms with E-state index >= 15 is 0 Å². The number of aromatic nitrogens is 2. The first-order valence-corrected chi connectivity index (χ1v) is 7.25. The number of fused-ring (bicyclic) bond motifs is 1. The average Bonchev–Trinajstić information content (AvgIpc) is 2.86. The number of nitrogens with zero attached hydrogens (tertiary/aromatic N) is 2. The minimum absolute atomic E-state index is 0.298. The molecule has 0 atom stereocenters. The maximum atomic E-state index is 6.19. The van der Waals surface area contributed by atoms with Gasteiger partial charge in [-0.1, -0.05) is 11.6 Å². The second kappa shape index (κ2) is 7.00. The second-order valence-corrected chi connectivity index (χ2v) is 4.71. The normalized spacial score (nSPS) is 11.4. The van der Waals surface area contributed by atoms with E-state index in [-0.39, 0.29) is 6.29 Å². The lowest BCUT2D eigenvalue weighted by molar-refractivity contribution is -0.126. The summed E-state index contributed by atoms with van der Waals surface area (Å²) in [5.74, 6) is 0. The van der Waals surface area contributed by atoms with Gasteiger partial charge in [0.25, 0.3) is 0 Å². The summed E-state index contributed by atoms with van der Waals surface area (Å²) >= 11 is 7.36. The van der Waals surface area contributed by atoms with Gasteiger partial charge in [0.2, 0.25) is 0 Å². The molecule has 1 N–H and O–H groups in total. The van der Waals surface area contributed by atoms with Gasteiger partial charge in [-0.25, -0.2) is 0 Å². The first kappa shape index (κ1) is 14.5. The van der Waals surface area contributed by atoms with Crippen LogP contribution in [-0.2, 0) is 9.47 Å². The monoisotopic (exact) mass is 301 g/mol. The molecule has 19 heavy (non-hydrogen) atoms. The highest BCUT2D eigenvalue weighted by molar-refractivity contribution is 7.00. The van der Waals surface area contributed by atoms with Gasteiger partial charge < -0.3 is 14.8 Å². The predicted octanol–water partition coefficient (Wildman–Crippen LogP) is 3.16. The van der Waals surface area contributed by atoms with Gasteiger partial charge in [-0.15, -0.1) is 0 Å². The van der Waals surface area contributed by atoms with E-state index in [9.17, 15) is 0 Å². The van der Waals surface area contributed by atoms with Gasteiger partial charge in [0.15, 0.2) is 6.29 Å². The fraction of sp³-hybridized carbons (Fsp3) is 0.500. The van der Waals surface area contributed by atoms with Crippen molar-refractivity contribution >= 4 is 40.0 Å². The van der Waals surface area contributed by atoms with Gasteiger partial charge >= 0.3 is 0 Å². The Morgan fingerprint density at radius 2 is 2.00 bits per heavy atom. The van der Waals surface area contributed by atoms with E-state index in [1.165, 1.54) is 11.7 Å². The summed E-state index contributed by atoms with van der Waals surface area (Å²) in [5.41, 5.74) is 2.39. The molecule has 2 aromatic rings. The minimum Gasteiger partial charge on any atom is -0.377 e. The Morgan fingerprint density at radius 1 is 1.26 bits per heavy atom. The van der Waals surface area contributed by atoms with E-state index in [1.807, 2.05) is 26.0 Å². The van der Waals surface area contributed by atoms with Crippen molar-refractivity contribution in [3.05, 3.63) is 17.2 Å². The highest BCUT2D eigenvalue weighted by Gasteiger charge is 2.13. The van der Waals surface area contributed by atoms with Crippen LogP contribution in [0.15, 0.2) is 12.1 Å². The second-order valence-electron chi connectivity index (χ2n) is 3.78. The van der Waals surface area contributed by atoms with Crippen molar-refractivity contribution in [2.24, 2.45) is 0 Å². The molecule has 0 radical (unpaired) electrons. The third-order valence-electron chi connectivity index (χ3n) is 2.53. The molecule has 0 bridgehead atoms. The van der Waals surface area contributed by atoms with Crippen LogP contribution in [0.4, 0.5) is 5.69 Å². The van der Waals surface area contributed by atoms with Crippen LogP contribution in [-0.4, -0.2) is 34.8 Å². The fourth-order valence-corrected chi connectivity index (χ4v) is 2.48. The van der Waals surface area contributed by atoms with Crippen LogP contribution in [0.1, 0.15) is 13.8 Å².